The summed E-state index contributed by atoms with van der Waals surface area (Å²) >= 11 is 0. The smallest absolute Gasteiger partial charge is 0.310 e. The Morgan fingerprint density at radius 3 is 2.61 bits per heavy atom. The van der Waals surface area contributed by atoms with Gasteiger partial charge in [-0.1, -0.05) is 30.3 Å². The van der Waals surface area contributed by atoms with E-state index in [1.165, 1.54) is 0 Å². The predicted molar refractivity (Wildman–Crippen MR) is 118 cm³/mol. The van der Waals surface area contributed by atoms with Crippen LogP contribution in [-0.4, -0.2) is 67.8 Å². The van der Waals surface area contributed by atoms with Gasteiger partial charge in [0.1, 0.15) is 5.82 Å². The first-order chi connectivity index (χ1) is 15.2. The SMILES string of the molecule is CCOC(=O)[C@@H]1CCCN(C(=O)c2ccc(-c3ccccc3)nc2N2CCOCC2)C1. The lowest BCUT2D eigenvalue weighted by Crippen LogP contribution is -2.44. The lowest BCUT2D eigenvalue weighted by atomic mass is 9.97. The Hall–Kier alpha value is -2.93. The highest BCUT2D eigenvalue weighted by Crippen LogP contribution is 2.28. The fraction of sp³-hybridized carbons (Fsp3) is 0.458. The zero-order valence-corrected chi connectivity index (χ0v) is 18.0. The summed E-state index contributed by atoms with van der Waals surface area (Å²) in [7, 11) is 0. The van der Waals surface area contributed by atoms with Gasteiger partial charge in [-0.25, -0.2) is 4.98 Å². The van der Waals surface area contributed by atoms with Gasteiger partial charge in [0.25, 0.3) is 5.91 Å². The van der Waals surface area contributed by atoms with Gasteiger partial charge in [0.05, 0.1) is 37.0 Å². The van der Waals surface area contributed by atoms with Crippen LogP contribution in [0, 0.1) is 5.92 Å². The number of pyridine rings is 1. The molecule has 2 aliphatic rings. The van der Waals surface area contributed by atoms with E-state index < -0.39 is 0 Å². The molecule has 2 fully saturated rings. The van der Waals surface area contributed by atoms with Crippen molar-refractivity contribution in [3.63, 3.8) is 0 Å². The third kappa shape index (κ3) is 4.88. The molecular formula is C24H29N3O4. The Balaban J connectivity index is 1.63. The van der Waals surface area contributed by atoms with Gasteiger partial charge >= 0.3 is 5.97 Å². The van der Waals surface area contributed by atoms with Gasteiger partial charge in [0, 0.05) is 31.7 Å². The number of carbonyl (C=O) groups excluding carboxylic acids is 2. The lowest BCUT2D eigenvalue weighted by molar-refractivity contribution is -0.149. The van der Waals surface area contributed by atoms with Gasteiger partial charge in [0.15, 0.2) is 0 Å². The number of benzene rings is 1. The van der Waals surface area contributed by atoms with Gasteiger partial charge in [-0.05, 0) is 31.9 Å². The minimum atomic E-state index is -0.263. The summed E-state index contributed by atoms with van der Waals surface area (Å²) in [6.45, 7) is 5.79. The average Bonchev–Trinajstić information content (AvgIpc) is 2.84. The number of hydrogen-bond acceptors (Lipinski definition) is 6. The molecule has 1 amide bonds. The lowest BCUT2D eigenvalue weighted by Gasteiger charge is -2.34. The molecule has 0 spiro atoms. The standard InChI is InChI=1S/C24H29N3O4/c1-2-31-24(29)19-9-6-12-27(17-19)23(28)20-10-11-21(18-7-4-3-5-8-18)25-22(20)26-13-15-30-16-14-26/h3-5,7-8,10-11,19H,2,6,9,12-17H2,1H3/t19-/m1/s1. The maximum atomic E-state index is 13.5. The number of amides is 1. The number of nitrogens with zero attached hydrogens (tertiary/aromatic N) is 3. The number of esters is 1. The molecule has 7 heteroatoms. The molecule has 0 saturated carbocycles. The first-order valence-corrected chi connectivity index (χ1v) is 11.0. The summed E-state index contributed by atoms with van der Waals surface area (Å²) < 4.78 is 10.7. The van der Waals surface area contributed by atoms with Crippen LogP contribution >= 0.6 is 0 Å². The van der Waals surface area contributed by atoms with Crippen molar-refractivity contribution in [3.05, 3.63) is 48.0 Å². The highest BCUT2D eigenvalue weighted by atomic mass is 16.5. The van der Waals surface area contributed by atoms with Crippen LogP contribution in [0.1, 0.15) is 30.1 Å². The van der Waals surface area contributed by atoms with Crippen LogP contribution in [0.15, 0.2) is 42.5 Å². The molecule has 164 valence electrons. The molecule has 31 heavy (non-hydrogen) atoms. The van der Waals surface area contributed by atoms with E-state index in [-0.39, 0.29) is 17.8 Å². The van der Waals surface area contributed by atoms with Crippen molar-refractivity contribution in [1.29, 1.82) is 0 Å². The fourth-order valence-electron chi connectivity index (χ4n) is 4.19. The van der Waals surface area contributed by atoms with Crippen LogP contribution in [0.5, 0.6) is 0 Å². The molecule has 0 N–H and O–H groups in total. The predicted octanol–water partition coefficient (Wildman–Crippen LogP) is 3.00. The number of aromatic nitrogens is 1. The van der Waals surface area contributed by atoms with E-state index in [0.717, 1.165) is 24.1 Å². The van der Waals surface area contributed by atoms with Crippen molar-refractivity contribution in [2.75, 3.05) is 50.9 Å². The molecule has 2 aromatic rings. The second-order valence-electron chi connectivity index (χ2n) is 7.88. The van der Waals surface area contributed by atoms with Crippen molar-refractivity contribution in [1.82, 2.24) is 9.88 Å². The van der Waals surface area contributed by atoms with Crippen molar-refractivity contribution >= 4 is 17.7 Å². The highest BCUT2D eigenvalue weighted by Gasteiger charge is 2.32. The maximum absolute atomic E-state index is 13.5. The quantitative estimate of drug-likeness (QED) is 0.689. The van der Waals surface area contributed by atoms with E-state index in [9.17, 15) is 9.59 Å². The van der Waals surface area contributed by atoms with Gasteiger partial charge in [-0.3, -0.25) is 9.59 Å². The molecule has 0 unspecified atom stereocenters. The Morgan fingerprint density at radius 1 is 1.10 bits per heavy atom. The Labute approximate surface area is 183 Å². The summed E-state index contributed by atoms with van der Waals surface area (Å²) in [6.07, 6.45) is 1.54. The van der Waals surface area contributed by atoms with Crippen molar-refractivity contribution in [2.45, 2.75) is 19.8 Å². The molecule has 4 rings (SSSR count). The van der Waals surface area contributed by atoms with Crippen molar-refractivity contribution in [2.24, 2.45) is 5.92 Å². The van der Waals surface area contributed by atoms with Crippen LogP contribution < -0.4 is 4.90 Å². The van der Waals surface area contributed by atoms with E-state index in [1.807, 2.05) is 42.5 Å². The van der Waals surface area contributed by atoms with E-state index in [2.05, 4.69) is 4.90 Å². The fourth-order valence-corrected chi connectivity index (χ4v) is 4.19. The molecule has 2 saturated heterocycles. The zero-order chi connectivity index (χ0) is 21.6. The van der Waals surface area contributed by atoms with Crippen LogP contribution in [0.25, 0.3) is 11.3 Å². The van der Waals surface area contributed by atoms with Gasteiger partial charge < -0.3 is 19.3 Å². The molecule has 1 aromatic carbocycles. The summed E-state index contributed by atoms with van der Waals surface area (Å²) in [4.78, 5) is 34.5. The molecule has 3 heterocycles. The number of anilines is 1. The zero-order valence-electron chi connectivity index (χ0n) is 18.0. The number of piperidine rings is 1. The minimum absolute atomic E-state index is 0.0809. The van der Waals surface area contributed by atoms with Crippen molar-refractivity contribution in [3.8, 4) is 11.3 Å². The Bertz CT molecular complexity index is 912. The van der Waals surface area contributed by atoms with E-state index in [0.29, 0.717) is 57.4 Å². The molecule has 0 aliphatic carbocycles. The van der Waals surface area contributed by atoms with Crippen molar-refractivity contribution < 1.29 is 19.1 Å². The van der Waals surface area contributed by atoms with Gasteiger partial charge in [-0.15, -0.1) is 0 Å². The Kier molecular flexibility index (Phi) is 6.82. The number of rotatable bonds is 5. The molecule has 2 aliphatic heterocycles. The number of likely N-dealkylation sites (tertiary alicyclic amines) is 1. The third-order valence-electron chi connectivity index (χ3n) is 5.81. The van der Waals surface area contributed by atoms with Gasteiger partial charge in [0.2, 0.25) is 0 Å². The van der Waals surface area contributed by atoms with Crippen LogP contribution in [0.3, 0.4) is 0 Å². The molecule has 0 radical (unpaired) electrons. The third-order valence-corrected chi connectivity index (χ3v) is 5.81. The van der Waals surface area contributed by atoms with Crippen LogP contribution in [-0.2, 0) is 14.3 Å². The second-order valence-corrected chi connectivity index (χ2v) is 7.88. The molecule has 1 atom stereocenters. The molecule has 0 bridgehead atoms. The number of carbonyl (C=O) groups is 2. The minimum Gasteiger partial charge on any atom is -0.466 e. The van der Waals surface area contributed by atoms with Crippen LogP contribution in [0.2, 0.25) is 0 Å². The highest BCUT2D eigenvalue weighted by molar-refractivity contribution is 5.99. The van der Waals surface area contributed by atoms with Crippen LogP contribution in [0.4, 0.5) is 5.82 Å². The summed E-state index contributed by atoms with van der Waals surface area (Å²) in [5.41, 5.74) is 2.42. The largest absolute Gasteiger partial charge is 0.466 e. The first-order valence-electron chi connectivity index (χ1n) is 11.0. The molecule has 1 aromatic heterocycles. The molecule has 7 nitrogen and oxygen atoms in total. The summed E-state index contributed by atoms with van der Waals surface area (Å²) in [5, 5.41) is 0. The molecular weight excluding hydrogens is 394 g/mol. The average molecular weight is 424 g/mol. The van der Waals surface area contributed by atoms with E-state index in [1.54, 1.807) is 11.8 Å². The second kappa shape index (κ2) is 9.92. The summed E-state index contributed by atoms with van der Waals surface area (Å²) in [5.74, 6) is 0.127. The Morgan fingerprint density at radius 2 is 1.87 bits per heavy atom. The normalized spacial score (nSPS) is 19.2. The maximum Gasteiger partial charge on any atom is 0.310 e. The number of ether oxygens (including phenoxy) is 2. The van der Waals surface area contributed by atoms with E-state index >= 15 is 0 Å². The number of hydrogen-bond donors (Lipinski definition) is 0. The number of morpholine rings is 1. The topological polar surface area (TPSA) is 72.0 Å². The first kappa shape index (κ1) is 21.3. The van der Waals surface area contributed by atoms with Gasteiger partial charge in [-0.2, -0.15) is 0 Å². The van der Waals surface area contributed by atoms with E-state index in [4.69, 9.17) is 14.5 Å². The monoisotopic (exact) mass is 423 g/mol. The summed E-state index contributed by atoms with van der Waals surface area (Å²) in [6, 6.07) is 13.7.